The van der Waals surface area contributed by atoms with E-state index in [1.807, 2.05) is 0 Å². The van der Waals surface area contributed by atoms with Crippen LogP contribution >= 0.6 is 15.9 Å². The molecule has 3 rings (SSSR count). The predicted molar refractivity (Wildman–Crippen MR) is 99.9 cm³/mol. The number of benzene rings is 3. The van der Waals surface area contributed by atoms with Crippen LogP contribution < -0.4 is 0 Å². The summed E-state index contributed by atoms with van der Waals surface area (Å²) in [5, 5.41) is 0.191. The largest absolute Gasteiger partial charge is 0.417 e. The molecule has 3 aromatic carbocycles. The Morgan fingerprint density at radius 3 is 1.57 bits per heavy atom. The summed E-state index contributed by atoms with van der Waals surface area (Å²) in [6.45, 7) is 0. The lowest BCUT2D eigenvalue weighted by atomic mass is 9.87. The Kier molecular flexibility index (Phi) is 5.57. The molecule has 0 aliphatic heterocycles. The van der Waals surface area contributed by atoms with Gasteiger partial charge in [0, 0.05) is 5.33 Å². The second kappa shape index (κ2) is 7.62. The molecule has 28 heavy (non-hydrogen) atoms. The summed E-state index contributed by atoms with van der Waals surface area (Å²) < 4.78 is 81.3. The number of halogens is 7. The number of hydrogen-bond donors (Lipinski definition) is 0. The first-order chi connectivity index (χ1) is 13.1. The molecule has 0 nitrogen and oxygen atoms in total. The molecule has 0 aliphatic rings. The van der Waals surface area contributed by atoms with Crippen LogP contribution in [0.1, 0.15) is 16.7 Å². The Hall–Kier alpha value is -2.28. The highest BCUT2D eigenvalue weighted by molar-refractivity contribution is 9.08. The topological polar surface area (TPSA) is 0 Å². The Bertz CT molecular complexity index is 989. The van der Waals surface area contributed by atoms with Crippen LogP contribution in [0, 0.1) is 0 Å². The van der Waals surface area contributed by atoms with E-state index in [4.69, 9.17) is 0 Å². The van der Waals surface area contributed by atoms with Crippen LogP contribution in [-0.4, -0.2) is 0 Å². The molecule has 0 saturated heterocycles. The van der Waals surface area contributed by atoms with E-state index in [0.717, 1.165) is 12.1 Å². The molecule has 0 aromatic heterocycles. The summed E-state index contributed by atoms with van der Waals surface area (Å²) in [6.07, 6.45) is -9.28. The first kappa shape index (κ1) is 20.5. The smallest absolute Gasteiger partial charge is 0.166 e. The standard InChI is InChI=1S/C21H13BrF6/c22-12-13-6-5-9-15(14-7-1-3-10-17(14)20(23,24)25)19(13)16-8-2-4-11-18(16)21(26,27)28/h1-11H,12H2. The average molecular weight is 459 g/mol. The van der Waals surface area contributed by atoms with Gasteiger partial charge in [-0.3, -0.25) is 0 Å². The van der Waals surface area contributed by atoms with Crippen molar-refractivity contribution in [3.05, 3.63) is 83.4 Å². The first-order valence-electron chi connectivity index (χ1n) is 8.15. The number of rotatable bonds is 3. The molecule has 7 heteroatoms. The van der Waals surface area contributed by atoms with Gasteiger partial charge in [0.25, 0.3) is 0 Å². The van der Waals surface area contributed by atoms with Gasteiger partial charge in [0.15, 0.2) is 0 Å². The SMILES string of the molecule is FC(F)(F)c1ccccc1-c1cccc(CBr)c1-c1ccccc1C(F)(F)F. The van der Waals surface area contributed by atoms with Crippen molar-refractivity contribution in [2.24, 2.45) is 0 Å². The summed E-state index contributed by atoms with van der Waals surface area (Å²) in [5.41, 5.74) is -1.42. The summed E-state index contributed by atoms with van der Waals surface area (Å²) in [5.74, 6) is 0. The van der Waals surface area contributed by atoms with Gasteiger partial charge in [0.2, 0.25) is 0 Å². The minimum absolute atomic E-state index is 0.0987. The third-order valence-electron chi connectivity index (χ3n) is 4.32. The molecule has 0 amide bonds. The second-order valence-corrected chi connectivity index (χ2v) is 6.62. The maximum absolute atomic E-state index is 13.6. The zero-order valence-electron chi connectivity index (χ0n) is 14.2. The van der Waals surface area contributed by atoms with Crippen LogP contribution in [0.25, 0.3) is 22.3 Å². The van der Waals surface area contributed by atoms with Gasteiger partial charge in [-0.25, -0.2) is 0 Å². The first-order valence-corrected chi connectivity index (χ1v) is 9.27. The van der Waals surface area contributed by atoms with Crippen LogP contribution in [0.2, 0.25) is 0 Å². The van der Waals surface area contributed by atoms with Gasteiger partial charge in [-0.2, -0.15) is 26.3 Å². The minimum atomic E-state index is -4.64. The molecule has 0 aliphatic carbocycles. The Labute approximate surface area is 166 Å². The summed E-state index contributed by atoms with van der Waals surface area (Å²) in [4.78, 5) is 0. The zero-order valence-corrected chi connectivity index (χ0v) is 15.8. The van der Waals surface area contributed by atoms with Crippen LogP contribution in [0.3, 0.4) is 0 Å². The van der Waals surface area contributed by atoms with E-state index in [2.05, 4.69) is 15.9 Å². The number of alkyl halides is 7. The fraction of sp³-hybridized carbons (Fsp3) is 0.143. The lowest BCUT2D eigenvalue weighted by Crippen LogP contribution is -2.09. The van der Waals surface area contributed by atoms with Crippen LogP contribution in [-0.2, 0) is 17.7 Å². The van der Waals surface area contributed by atoms with Crippen molar-refractivity contribution >= 4 is 15.9 Å². The monoisotopic (exact) mass is 458 g/mol. The van der Waals surface area contributed by atoms with Crippen molar-refractivity contribution in [1.82, 2.24) is 0 Å². The summed E-state index contributed by atoms with van der Waals surface area (Å²) >= 11 is 3.24. The van der Waals surface area contributed by atoms with Gasteiger partial charge in [0.1, 0.15) is 0 Å². The molecule has 0 heterocycles. The van der Waals surface area contributed by atoms with E-state index in [-0.39, 0.29) is 27.6 Å². The van der Waals surface area contributed by atoms with Gasteiger partial charge in [0.05, 0.1) is 11.1 Å². The van der Waals surface area contributed by atoms with E-state index in [1.54, 1.807) is 12.1 Å². The lowest BCUT2D eigenvalue weighted by Gasteiger charge is -2.21. The highest BCUT2D eigenvalue weighted by Crippen LogP contribution is 2.45. The molecule has 0 fully saturated rings. The van der Waals surface area contributed by atoms with Crippen molar-refractivity contribution in [3.63, 3.8) is 0 Å². The predicted octanol–water partition coefficient (Wildman–Crippen LogP) is 7.95. The molecular weight excluding hydrogens is 446 g/mol. The average Bonchev–Trinajstić information content (AvgIpc) is 2.66. The van der Waals surface area contributed by atoms with Gasteiger partial charge in [-0.1, -0.05) is 70.5 Å². The highest BCUT2D eigenvalue weighted by Gasteiger charge is 2.36. The fourth-order valence-electron chi connectivity index (χ4n) is 3.17. The summed E-state index contributed by atoms with van der Waals surface area (Å²) in [6, 6.07) is 14.3. The molecule has 0 bridgehead atoms. The van der Waals surface area contributed by atoms with Crippen LogP contribution in [0.4, 0.5) is 26.3 Å². The molecule has 146 valence electrons. The molecule has 0 atom stereocenters. The van der Waals surface area contributed by atoms with E-state index in [0.29, 0.717) is 5.56 Å². The van der Waals surface area contributed by atoms with E-state index in [1.165, 1.54) is 42.5 Å². The van der Waals surface area contributed by atoms with Crippen molar-refractivity contribution in [2.45, 2.75) is 17.7 Å². The van der Waals surface area contributed by atoms with Crippen molar-refractivity contribution in [2.75, 3.05) is 0 Å². The van der Waals surface area contributed by atoms with Gasteiger partial charge in [-0.05, 0) is 39.9 Å². The molecule has 0 spiro atoms. The Balaban J connectivity index is 2.39. The summed E-state index contributed by atoms with van der Waals surface area (Å²) in [7, 11) is 0. The van der Waals surface area contributed by atoms with Gasteiger partial charge < -0.3 is 0 Å². The lowest BCUT2D eigenvalue weighted by molar-refractivity contribution is -0.138. The normalized spacial score (nSPS) is 12.2. The third-order valence-corrected chi connectivity index (χ3v) is 4.92. The van der Waals surface area contributed by atoms with Gasteiger partial charge in [-0.15, -0.1) is 0 Å². The molecule has 0 unspecified atom stereocenters. The minimum Gasteiger partial charge on any atom is -0.166 e. The molecule has 0 N–H and O–H groups in total. The fourth-order valence-corrected chi connectivity index (χ4v) is 3.63. The number of hydrogen-bond acceptors (Lipinski definition) is 0. The second-order valence-electron chi connectivity index (χ2n) is 6.06. The van der Waals surface area contributed by atoms with E-state index in [9.17, 15) is 26.3 Å². The van der Waals surface area contributed by atoms with Crippen LogP contribution in [0.15, 0.2) is 66.7 Å². The molecule has 3 aromatic rings. The van der Waals surface area contributed by atoms with Crippen molar-refractivity contribution < 1.29 is 26.3 Å². The third kappa shape index (κ3) is 3.94. The quantitative estimate of drug-likeness (QED) is 0.276. The Morgan fingerprint density at radius 2 is 1.04 bits per heavy atom. The zero-order chi connectivity index (χ0) is 20.5. The maximum Gasteiger partial charge on any atom is 0.417 e. The maximum atomic E-state index is 13.6. The molecule has 0 radical (unpaired) electrons. The van der Waals surface area contributed by atoms with Crippen LogP contribution in [0.5, 0.6) is 0 Å². The highest BCUT2D eigenvalue weighted by atomic mass is 79.9. The van der Waals surface area contributed by atoms with Gasteiger partial charge >= 0.3 is 12.4 Å². The van der Waals surface area contributed by atoms with Crippen molar-refractivity contribution in [1.29, 1.82) is 0 Å². The van der Waals surface area contributed by atoms with Crippen molar-refractivity contribution in [3.8, 4) is 22.3 Å². The molecule has 0 saturated carbocycles. The van der Waals surface area contributed by atoms with E-state index < -0.39 is 23.5 Å². The molecular formula is C21H13BrF6. The van der Waals surface area contributed by atoms with E-state index >= 15 is 0 Å². The Morgan fingerprint density at radius 1 is 0.571 bits per heavy atom.